The summed E-state index contributed by atoms with van der Waals surface area (Å²) in [7, 11) is 0. The fourth-order valence-electron chi connectivity index (χ4n) is 7.26. The molecule has 10 atom stereocenters. The number of aliphatic hydroxyl groups excluding tert-OH is 3. The van der Waals surface area contributed by atoms with E-state index in [2.05, 4.69) is 13.8 Å². The van der Waals surface area contributed by atoms with Crippen molar-refractivity contribution in [2.24, 2.45) is 40.2 Å². The molecule has 0 spiro atoms. The second-order valence-electron chi connectivity index (χ2n) is 9.56. The van der Waals surface area contributed by atoms with Crippen molar-refractivity contribution in [3.8, 4) is 0 Å². The van der Waals surface area contributed by atoms with Crippen molar-refractivity contribution in [1.82, 2.24) is 0 Å². The van der Waals surface area contributed by atoms with E-state index in [1.807, 2.05) is 0 Å². The molecule has 4 nitrogen and oxygen atoms in total. The highest BCUT2D eigenvalue weighted by Gasteiger charge is 2.64. The lowest BCUT2D eigenvalue weighted by Gasteiger charge is -2.63. The number of hydrogen-bond donors (Lipinski definition) is 4. The summed E-state index contributed by atoms with van der Waals surface area (Å²) in [6, 6.07) is 0.161. The lowest BCUT2D eigenvalue weighted by Crippen LogP contribution is -2.64. The van der Waals surface area contributed by atoms with Gasteiger partial charge in [-0.2, -0.15) is 0 Å². The van der Waals surface area contributed by atoms with E-state index in [1.54, 1.807) is 0 Å². The Morgan fingerprint density at radius 1 is 0.783 bits per heavy atom. The van der Waals surface area contributed by atoms with E-state index < -0.39 is 12.2 Å². The van der Waals surface area contributed by atoms with Gasteiger partial charge in [0.15, 0.2) is 0 Å². The summed E-state index contributed by atoms with van der Waals surface area (Å²) < 4.78 is 0. The van der Waals surface area contributed by atoms with Gasteiger partial charge in [-0.3, -0.25) is 0 Å². The minimum atomic E-state index is -0.660. The number of nitrogens with two attached hydrogens (primary N) is 1. The van der Waals surface area contributed by atoms with E-state index in [0.29, 0.717) is 11.8 Å². The SMILES string of the molecule is C[C@]12CC[C@@H](N)CC1[C@@H](O)C(O)C1C2CC[C@@]2(C)C1CC[C@@H]2O. The Morgan fingerprint density at radius 3 is 2.17 bits per heavy atom. The lowest BCUT2D eigenvalue weighted by atomic mass is 9.43. The molecule has 132 valence electrons. The third kappa shape index (κ3) is 2.04. The van der Waals surface area contributed by atoms with Crippen LogP contribution in [-0.4, -0.2) is 39.7 Å². The molecule has 4 saturated carbocycles. The Labute approximate surface area is 139 Å². The Kier molecular flexibility index (Phi) is 3.67. The van der Waals surface area contributed by atoms with E-state index in [4.69, 9.17) is 5.73 Å². The molecule has 4 aliphatic carbocycles. The van der Waals surface area contributed by atoms with Crippen molar-refractivity contribution >= 4 is 0 Å². The second-order valence-corrected chi connectivity index (χ2v) is 9.56. The molecule has 0 aromatic heterocycles. The predicted octanol–water partition coefficient (Wildman–Crippen LogP) is 1.66. The average molecular weight is 323 g/mol. The van der Waals surface area contributed by atoms with Crippen molar-refractivity contribution in [3.05, 3.63) is 0 Å². The minimum absolute atomic E-state index is 0.0733. The summed E-state index contributed by atoms with van der Waals surface area (Å²) in [5.74, 6) is 1.06. The Morgan fingerprint density at radius 2 is 1.43 bits per heavy atom. The molecule has 0 amide bonds. The average Bonchev–Trinajstić information content (AvgIpc) is 2.82. The molecular formula is C19H33NO3. The van der Waals surface area contributed by atoms with Gasteiger partial charge in [0, 0.05) is 6.04 Å². The van der Waals surface area contributed by atoms with Gasteiger partial charge in [0.2, 0.25) is 0 Å². The number of hydrogen-bond acceptors (Lipinski definition) is 4. The number of rotatable bonds is 0. The molecule has 5 unspecified atom stereocenters. The van der Waals surface area contributed by atoms with Gasteiger partial charge >= 0.3 is 0 Å². The molecule has 4 rings (SSSR count). The molecule has 0 bridgehead atoms. The van der Waals surface area contributed by atoms with E-state index in [0.717, 1.165) is 44.9 Å². The van der Waals surface area contributed by atoms with Crippen LogP contribution in [0, 0.1) is 34.5 Å². The minimum Gasteiger partial charge on any atom is -0.393 e. The van der Waals surface area contributed by atoms with Crippen LogP contribution in [0.1, 0.15) is 58.8 Å². The van der Waals surface area contributed by atoms with Crippen molar-refractivity contribution in [1.29, 1.82) is 0 Å². The third-order valence-corrected chi connectivity index (χ3v) is 8.74. The zero-order chi connectivity index (χ0) is 16.6. The largest absolute Gasteiger partial charge is 0.393 e. The van der Waals surface area contributed by atoms with Gasteiger partial charge < -0.3 is 21.1 Å². The second kappa shape index (κ2) is 5.17. The summed E-state index contributed by atoms with van der Waals surface area (Å²) in [4.78, 5) is 0. The normalized spacial score (nSPS) is 62.3. The van der Waals surface area contributed by atoms with E-state index in [9.17, 15) is 15.3 Å². The lowest BCUT2D eigenvalue weighted by molar-refractivity contribution is -0.217. The van der Waals surface area contributed by atoms with E-state index in [-0.39, 0.29) is 34.8 Å². The Bertz CT molecular complexity index is 485. The van der Waals surface area contributed by atoms with Crippen LogP contribution in [0.15, 0.2) is 0 Å². The molecule has 4 heteroatoms. The first-order valence-electron chi connectivity index (χ1n) is 9.59. The topological polar surface area (TPSA) is 86.7 Å². The van der Waals surface area contributed by atoms with Crippen LogP contribution in [0.2, 0.25) is 0 Å². The summed E-state index contributed by atoms with van der Waals surface area (Å²) in [5.41, 5.74) is 6.19. The highest BCUT2D eigenvalue weighted by atomic mass is 16.3. The molecule has 4 aliphatic rings. The summed E-state index contributed by atoms with van der Waals surface area (Å²) in [6.07, 6.45) is 5.33. The van der Waals surface area contributed by atoms with Crippen molar-refractivity contribution in [2.75, 3.05) is 0 Å². The van der Waals surface area contributed by atoms with Crippen LogP contribution >= 0.6 is 0 Å². The van der Waals surface area contributed by atoms with Gasteiger partial charge in [-0.15, -0.1) is 0 Å². The zero-order valence-electron chi connectivity index (χ0n) is 14.5. The van der Waals surface area contributed by atoms with Crippen molar-refractivity contribution in [2.45, 2.75) is 83.1 Å². The molecule has 0 radical (unpaired) electrons. The van der Waals surface area contributed by atoms with Gasteiger partial charge in [0.1, 0.15) is 0 Å². The number of aliphatic hydroxyl groups is 3. The third-order valence-electron chi connectivity index (χ3n) is 8.74. The van der Waals surface area contributed by atoms with E-state index in [1.165, 1.54) is 0 Å². The molecule has 0 heterocycles. The fraction of sp³-hybridized carbons (Fsp3) is 1.00. The molecule has 0 aliphatic heterocycles. The van der Waals surface area contributed by atoms with Crippen molar-refractivity contribution in [3.63, 3.8) is 0 Å². The molecule has 4 fully saturated rings. The smallest absolute Gasteiger partial charge is 0.0836 e. The van der Waals surface area contributed by atoms with E-state index >= 15 is 0 Å². The highest BCUT2D eigenvalue weighted by Crippen LogP contribution is 2.66. The predicted molar refractivity (Wildman–Crippen MR) is 88.5 cm³/mol. The van der Waals surface area contributed by atoms with Crippen LogP contribution in [0.3, 0.4) is 0 Å². The summed E-state index contributed by atoms with van der Waals surface area (Å²) >= 11 is 0. The van der Waals surface area contributed by atoms with Gasteiger partial charge in [-0.1, -0.05) is 13.8 Å². The molecule has 0 aromatic rings. The van der Waals surface area contributed by atoms with Crippen LogP contribution in [0.4, 0.5) is 0 Å². The monoisotopic (exact) mass is 323 g/mol. The Balaban J connectivity index is 1.72. The van der Waals surface area contributed by atoms with Gasteiger partial charge in [0.25, 0.3) is 0 Å². The molecular weight excluding hydrogens is 290 g/mol. The van der Waals surface area contributed by atoms with Gasteiger partial charge in [-0.25, -0.2) is 0 Å². The maximum Gasteiger partial charge on any atom is 0.0836 e. The quantitative estimate of drug-likeness (QED) is 0.546. The maximum absolute atomic E-state index is 11.0. The summed E-state index contributed by atoms with van der Waals surface area (Å²) in [5, 5.41) is 32.4. The summed E-state index contributed by atoms with van der Waals surface area (Å²) in [6.45, 7) is 4.54. The molecule has 23 heavy (non-hydrogen) atoms. The van der Waals surface area contributed by atoms with Crippen molar-refractivity contribution < 1.29 is 15.3 Å². The first-order valence-corrected chi connectivity index (χ1v) is 9.59. The first-order chi connectivity index (χ1) is 10.8. The zero-order valence-corrected chi connectivity index (χ0v) is 14.5. The van der Waals surface area contributed by atoms with Crippen LogP contribution in [-0.2, 0) is 0 Å². The molecule has 0 saturated heterocycles. The fourth-order valence-corrected chi connectivity index (χ4v) is 7.26. The standard InChI is InChI=1S/C19H33NO3/c1-18-7-5-10(20)9-13(18)16(22)17(23)15-11-3-4-14(21)19(11,2)8-6-12(15)18/h10-17,21-23H,3-9,20H2,1-2H3/t10-,11?,12?,13?,14+,15?,16-,17?,18-,19+/m1/s1. The van der Waals surface area contributed by atoms with Crippen LogP contribution in [0.25, 0.3) is 0 Å². The molecule has 5 N–H and O–H groups in total. The Hall–Kier alpha value is -0.160. The number of fused-ring (bicyclic) bond motifs is 5. The van der Waals surface area contributed by atoms with Crippen LogP contribution < -0.4 is 5.73 Å². The highest BCUT2D eigenvalue weighted by molar-refractivity contribution is 5.14. The first kappa shape index (κ1) is 16.3. The van der Waals surface area contributed by atoms with Gasteiger partial charge in [0.05, 0.1) is 18.3 Å². The van der Waals surface area contributed by atoms with Crippen LogP contribution in [0.5, 0.6) is 0 Å². The molecule has 0 aromatic carbocycles. The maximum atomic E-state index is 11.0. The van der Waals surface area contributed by atoms with Gasteiger partial charge in [-0.05, 0) is 79.4 Å².